The van der Waals surface area contributed by atoms with E-state index in [-0.39, 0.29) is 22.4 Å². The van der Waals surface area contributed by atoms with Gasteiger partial charge in [-0.1, -0.05) is 11.3 Å². The van der Waals surface area contributed by atoms with Gasteiger partial charge in [0.05, 0.1) is 10.5 Å². The summed E-state index contributed by atoms with van der Waals surface area (Å²) >= 11 is 0.866. The number of nitrogens with zero attached hydrogens (tertiary/aromatic N) is 1. The molecule has 8 heteroatoms. The number of hydrogen-bond acceptors (Lipinski definition) is 5. The number of hydrogen-bond donors (Lipinski definition) is 2. The minimum absolute atomic E-state index is 0.00730. The molecular formula is C9H9N3O4S. The second-order valence-corrected chi connectivity index (χ2v) is 4.54. The van der Waals surface area contributed by atoms with Crippen LogP contribution in [0.4, 0.5) is 5.00 Å². The molecule has 0 radical (unpaired) electrons. The average Bonchev–Trinajstić information content (AvgIpc) is 3.02. The lowest BCUT2D eigenvalue weighted by Gasteiger charge is -2.04. The molecule has 0 bridgehead atoms. The number of nitro groups is 1. The van der Waals surface area contributed by atoms with E-state index in [1.807, 2.05) is 0 Å². The summed E-state index contributed by atoms with van der Waals surface area (Å²) in [5.74, 6) is -0.779. The molecule has 17 heavy (non-hydrogen) atoms. The second kappa shape index (κ2) is 4.50. The van der Waals surface area contributed by atoms with Crippen LogP contribution >= 0.6 is 11.3 Å². The largest absolute Gasteiger partial charge is 0.324 e. The van der Waals surface area contributed by atoms with E-state index in [0.717, 1.165) is 24.2 Å². The highest BCUT2D eigenvalue weighted by Gasteiger charge is 2.29. The van der Waals surface area contributed by atoms with Crippen LogP contribution in [0.2, 0.25) is 0 Å². The first-order valence-corrected chi connectivity index (χ1v) is 5.79. The van der Waals surface area contributed by atoms with Gasteiger partial charge in [0.25, 0.3) is 5.91 Å². The van der Waals surface area contributed by atoms with Crippen molar-refractivity contribution < 1.29 is 14.5 Å². The van der Waals surface area contributed by atoms with Crippen molar-refractivity contribution in [3.63, 3.8) is 0 Å². The SMILES string of the molecule is O=C(NNC(=O)C1CC1)c1csc([N+](=O)[O-])c1. The third-order valence-electron chi connectivity index (χ3n) is 2.28. The van der Waals surface area contributed by atoms with Gasteiger partial charge in [-0.2, -0.15) is 0 Å². The van der Waals surface area contributed by atoms with E-state index >= 15 is 0 Å². The van der Waals surface area contributed by atoms with Gasteiger partial charge in [0.2, 0.25) is 5.91 Å². The van der Waals surface area contributed by atoms with Crippen molar-refractivity contribution in [3.05, 3.63) is 27.1 Å². The summed E-state index contributed by atoms with van der Waals surface area (Å²) in [6.07, 6.45) is 1.68. The molecule has 2 N–H and O–H groups in total. The quantitative estimate of drug-likeness (QED) is 0.616. The second-order valence-electron chi connectivity index (χ2n) is 3.65. The van der Waals surface area contributed by atoms with Crippen LogP contribution in [0.1, 0.15) is 23.2 Å². The van der Waals surface area contributed by atoms with Gasteiger partial charge in [0, 0.05) is 17.4 Å². The Balaban J connectivity index is 1.89. The standard InChI is InChI=1S/C9H9N3O4S/c13-8(5-1-2-5)10-11-9(14)6-3-7(12(15)16)17-4-6/h3-5H,1-2H2,(H,10,13)(H,11,14). The van der Waals surface area contributed by atoms with Crippen LogP contribution in [0.3, 0.4) is 0 Å². The predicted octanol–water partition coefficient (Wildman–Crippen LogP) is 0.827. The van der Waals surface area contributed by atoms with E-state index in [1.165, 1.54) is 11.4 Å². The molecule has 2 rings (SSSR count). The Kier molecular flexibility index (Phi) is 3.05. The van der Waals surface area contributed by atoms with Crippen LogP contribution in [0.5, 0.6) is 0 Å². The summed E-state index contributed by atoms with van der Waals surface area (Å²) in [7, 11) is 0. The van der Waals surface area contributed by atoms with E-state index in [9.17, 15) is 19.7 Å². The maximum Gasteiger partial charge on any atom is 0.324 e. The molecule has 1 aromatic rings. The highest BCUT2D eigenvalue weighted by molar-refractivity contribution is 7.13. The zero-order valence-corrected chi connectivity index (χ0v) is 9.45. The fraction of sp³-hybridized carbons (Fsp3) is 0.333. The molecule has 0 spiro atoms. The normalized spacial score (nSPS) is 14.1. The van der Waals surface area contributed by atoms with Gasteiger partial charge in [-0.25, -0.2) is 0 Å². The van der Waals surface area contributed by atoms with E-state index in [0.29, 0.717) is 0 Å². The number of nitrogens with one attached hydrogen (secondary N) is 2. The van der Waals surface area contributed by atoms with Gasteiger partial charge >= 0.3 is 5.00 Å². The van der Waals surface area contributed by atoms with Crippen molar-refractivity contribution in [1.29, 1.82) is 0 Å². The fourth-order valence-corrected chi connectivity index (χ4v) is 1.88. The van der Waals surface area contributed by atoms with Crippen LogP contribution in [0, 0.1) is 16.0 Å². The number of carbonyl (C=O) groups is 2. The van der Waals surface area contributed by atoms with Crippen LogP contribution in [-0.4, -0.2) is 16.7 Å². The number of carbonyl (C=O) groups excluding carboxylic acids is 2. The Morgan fingerprint density at radius 1 is 1.41 bits per heavy atom. The van der Waals surface area contributed by atoms with Gasteiger partial charge in [-0.05, 0) is 12.8 Å². The molecule has 1 heterocycles. The van der Waals surface area contributed by atoms with Crippen LogP contribution in [0.15, 0.2) is 11.4 Å². The maximum absolute atomic E-state index is 11.5. The Bertz CT molecular complexity index is 480. The Labute approximate surface area is 99.9 Å². The number of thiophene rings is 1. The summed E-state index contributed by atoms with van der Waals surface area (Å²) in [5.41, 5.74) is 4.66. The molecule has 1 aliphatic rings. The highest BCUT2D eigenvalue weighted by atomic mass is 32.1. The molecule has 0 atom stereocenters. The fourth-order valence-electron chi connectivity index (χ4n) is 1.18. The molecule has 0 aromatic carbocycles. The predicted molar refractivity (Wildman–Crippen MR) is 59.3 cm³/mol. The van der Waals surface area contributed by atoms with Crippen molar-refractivity contribution in [2.75, 3.05) is 0 Å². The smallest absolute Gasteiger partial charge is 0.273 e. The Morgan fingerprint density at radius 2 is 2.12 bits per heavy atom. The molecule has 0 unspecified atom stereocenters. The zero-order valence-electron chi connectivity index (χ0n) is 8.63. The lowest BCUT2D eigenvalue weighted by molar-refractivity contribution is -0.380. The lowest BCUT2D eigenvalue weighted by atomic mass is 10.3. The van der Waals surface area contributed by atoms with Crippen LogP contribution in [0.25, 0.3) is 0 Å². The zero-order chi connectivity index (χ0) is 12.4. The monoisotopic (exact) mass is 255 g/mol. The molecule has 90 valence electrons. The van der Waals surface area contributed by atoms with Crippen molar-refractivity contribution in [2.24, 2.45) is 5.92 Å². The highest BCUT2D eigenvalue weighted by Crippen LogP contribution is 2.28. The minimum Gasteiger partial charge on any atom is -0.273 e. The summed E-state index contributed by atoms with van der Waals surface area (Å²) in [6, 6.07) is 1.17. The molecule has 1 saturated carbocycles. The Hall–Kier alpha value is -1.96. The van der Waals surface area contributed by atoms with Gasteiger partial charge in [0.1, 0.15) is 0 Å². The first-order chi connectivity index (χ1) is 8.08. The molecule has 7 nitrogen and oxygen atoms in total. The number of rotatable bonds is 3. The van der Waals surface area contributed by atoms with Crippen LogP contribution in [-0.2, 0) is 4.79 Å². The Morgan fingerprint density at radius 3 is 2.65 bits per heavy atom. The molecular weight excluding hydrogens is 246 g/mol. The molecule has 1 aromatic heterocycles. The third-order valence-corrected chi connectivity index (χ3v) is 3.16. The van der Waals surface area contributed by atoms with Gasteiger partial charge in [0.15, 0.2) is 0 Å². The molecule has 1 aliphatic carbocycles. The third kappa shape index (κ3) is 2.78. The average molecular weight is 255 g/mol. The summed E-state index contributed by atoms with van der Waals surface area (Å²) < 4.78 is 0. The minimum atomic E-state index is -0.565. The summed E-state index contributed by atoms with van der Waals surface area (Å²) in [5, 5.41) is 11.7. The van der Waals surface area contributed by atoms with E-state index in [4.69, 9.17) is 0 Å². The van der Waals surface area contributed by atoms with Crippen molar-refractivity contribution >= 4 is 28.2 Å². The molecule has 0 aliphatic heterocycles. The van der Waals surface area contributed by atoms with E-state index < -0.39 is 10.8 Å². The first-order valence-electron chi connectivity index (χ1n) is 4.91. The number of hydrazine groups is 1. The molecule has 2 amide bonds. The topological polar surface area (TPSA) is 101 Å². The van der Waals surface area contributed by atoms with Crippen molar-refractivity contribution in [2.45, 2.75) is 12.8 Å². The van der Waals surface area contributed by atoms with Gasteiger partial charge in [-0.3, -0.25) is 30.6 Å². The first kappa shape index (κ1) is 11.5. The van der Waals surface area contributed by atoms with E-state index in [1.54, 1.807) is 0 Å². The van der Waals surface area contributed by atoms with Gasteiger partial charge < -0.3 is 0 Å². The summed E-state index contributed by atoms with van der Waals surface area (Å²) in [4.78, 5) is 32.6. The van der Waals surface area contributed by atoms with Crippen molar-refractivity contribution in [3.8, 4) is 0 Å². The maximum atomic E-state index is 11.5. The molecule has 1 fully saturated rings. The molecule has 0 saturated heterocycles. The summed E-state index contributed by atoms with van der Waals surface area (Å²) in [6.45, 7) is 0. The van der Waals surface area contributed by atoms with Gasteiger partial charge in [-0.15, -0.1) is 0 Å². The number of amides is 2. The van der Waals surface area contributed by atoms with Crippen molar-refractivity contribution in [1.82, 2.24) is 10.9 Å². The lowest BCUT2D eigenvalue weighted by Crippen LogP contribution is -2.42. The van der Waals surface area contributed by atoms with E-state index in [2.05, 4.69) is 10.9 Å². The van der Waals surface area contributed by atoms with Crippen LogP contribution < -0.4 is 10.9 Å².